The van der Waals surface area contributed by atoms with Crippen molar-refractivity contribution in [3.05, 3.63) is 28.8 Å². The number of amides is 1. The van der Waals surface area contributed by atoms with Crippen LogP contribution in [0, 0.1) is 17.3 Å². The lowest BCUT2D eigenvalue weighted by Crippen LogP contribution is -2.27. The predicted octanol–water partition coefficient (Wildman–Crippen LogP) is 2.63. The molecular weight excluding hydrogens is 248 g/mol. The van der Waals surface area contributed by atoms with Gasteiger partial charge < -0.3 is 11.1 Å². The number of carbonyl (C=O) groups is 1. The molecule has 4 heteroatoms. The van der Waals surface area contributed by atoms with E-state index < -0.39 is 5.41 Å². The summed E-state index contributed by atoms with van der Waals surface area (Å²) in [5, 5.41) is 3.39. The molecule has 96 valence electrons. The Hall–Kier alpha value is -1.50. The van der Waals surface area contributed by atoms with Crippen LogP contribution in [0.25, 0.3) is 0 Å². The maximum atomic E-state index is 11.9. The molecule has 0 saturated carbocycles. The zero-order chi connectivity index (χ0) is 13.8. The van der Waals surface area contributed by atoms with Crippen LogP contribution in [0.4, 0.5) is 5.69 Å². The Balaban J connectivity index is 3.07. The first-order valence-corrected chi connectivity index (χ1v) is 6.02. The summed E-state index contributed by atoms with van der Waals surface area (Å²) in [6.45, 7) is 5.81. The normalized spacial score (nSPS) is 10.5. The number of benzene rings is 1. The van der Waals surface area contributed by atoms with Gasteiger partial charge >= 0.3 is 0 Å². The molecule has 0 radical (unpaired) electrons. The van der Waals surface area contributed by atoms with Crippen LogP contribution in [0.2, 0.25) is 5.02 Å². The van der Waals surface area contributed by atoms with E-state index in [-0.39, 0.29) is 12.5 Å². The lowest BCUT2D eigenvalue weighted by molar-refractivity contribution is -0.123. The van der Waals surface area contributed by atoms with Crippen molar-refractivity contribution in [2.24, 2.45) is 11.1 Å². The summed E-state index contributed by atoms with van der Waals surface area (Å²) in [5.41, 5.74) is 6.19. The van der Waals surface area contributed by atoms with Crippen LogP contribution in [0.15, 0.2) is 18.2 Å². The van der Waals surface area contributed by atoms with E-state index >= 15 is 0 Å². The zero-order valence-corrected chi connectivity index (χ0v) is 11.6. The number of nitrogens with one attached hydrogen (secondary N) is 1. The molecule has 0 heterocycles. The standard InChI is InChI=1S/C14H17ClN2O/c1-14(2,3)13(18)17-12-9-11(15)7-6-10(12)5-4-8-16/h6-7,9H,8,16H2,1-3H3,(H,17,18). The van der Waals surface area contributed by atoms with Crippen molar-refractivity contribution in [3.63, 3.8) is 0 Å². The number of rotatable bonds is 1. The Kier molecular flexibility index (Phi) is 4.77. The Labute approximate surface area is 113 Å². The smallest absolute Gasteiger partial charge is 0.229 e. The van der Waals surface area contributed by atoms with E-state index in [2.05, 4.69) is 17.2 Å². The Morgan fingerprint density at radius 1 is 1.44 bits per heavy atom. The summed E-state index contributed by atoms with van der Waals surface area (Å²) in [7, 11) is 0. The topological polar surface area (TPSA) is 55.1 Å². The van der Waals surface area contributed by atoms with Crippen LogP contribution in [-0.2, 0) is 4.79 Å². The highest BCUT2D eigenvalue weighted by molar-refractivity contribution is 6.31. The molecule has 1 amide bonds. The molecule has 0 saturated heterocycles. The first-order chi connectivity index (χ1) is 8.34. The van der Waals surface area contributed by atoms with Gasteiger partial charge in [0, 0.05) is 16.0 Å². The molecule has 0 aromatic heterocycles. The van der Waals surface area contributed by atoms with E-state index in [0.717, 1.165) is 0 Å². The molecule has 18 heavy (non-hydrogen) atoms. The maximum absolute atomic E-state index is 11.9. The fourth-order valence-electron chi connectivity index (χ4n) is 1.18. The molecule has 1 rings (SSSR count). The molecule has 0 spiro atoms. The second-order valence-electron chi connectivity index (χ2n) is 4.90. The van der Waals surface area contributed by atoms with Crippen molar-refractivity contribution in [1.82, 2.24) is 0 Å². The van der Waals surface area contributed by atoms with Crippen molar-refractivity contribution >= 4 is 23.2 Å². The summed E-state index contributed by atoms with van der Waals surface area (Å²) < 4.78 is 0. The number of nitrogens with two attached hydrogens (primary N) is 1. The van der Waals surface area contributed by atoms with Gasteiger partial charge in [-0.2, -0.15) is 0 Å². The van der Waals surface area contributed by atoms with Gasteiger partial charge in [0.2, 0.25) is 5.91 Å². The van der Waals surface area contributed by atoms with Gasteiger partial charge in [-0.25, -0.2) is 0 Å². The molecule has 0 unspecified atom stereocenters. The molecule has 3 nitrogen and oxygen atoms in total. The van der Waals surface area contributed by atoms with Crippen molar-refractivity contribution in [3.8, 4) is 11.8 Å². The first kappa shape index (κ1) is 14.6. The monoisotopic (exact) mass is 264 g/mol. The second kappa shape index (κ2) is 5.90. The van der Waals surface area contributed by atoms with Crippen LogP contribution >= 0.6 is 11.6 Å². The lowest BCUT2D eigenvalue weighted by Gasteiger charge is -2.18. The van der Waals surface area contributed by atoms with Crippen LogP contribution in [-0.4, -0.2) is 12.5 Å². The SMILES string of the molecule is CC(C)(C)C(=O)Nc1cc(Cl)ccc1C#CCN. The highest BCUT2D eigenvalue weighted by atomic mass is 35.5. The molecular formula is C14H17ClN2O. The van der Waals surface area contributed by atoms with E-state index in [1.165, 1.54) is 0 Å². The molecule has 0 atom stereocenters. The van der Waals surface area contributed by atoms with Gasteiger partial charge in [-0.1, -0.05) is 44.2 Å². The average molecular weight is 265 g/mol. The predicted molar refractivity (Wildman–Crippen MR) is 75.5 cm³/mol. The third-order valence-corrected chi connectivity index (χ3v) is 2.47. The molecule has 0 bridgehead atoms. The van der Waals surface area contributed by atoms with E-state index in [9.17, 15) is 4.79 Å². The first-order valence-electron chi connectivity index (χ1n) is 5.64. The van der Waals surface area contributed by atoms with Gasteiger partial charge in [0.25, 0.3) is 0 Å². The highest BCUT2D eigenvalue weighted by Crippen LogP contribution is 2.23. The van der Waals surface area contributed by atoms with Crippen LogP contribution in [0.1, 0.15) is 26.3 Å². The fraction of sp³-hybridized carbons (Fsp3) is 0.357. The summed E-state index contributed by atoms with van der Waals surface area (Å²) in [6.07, 6.45) is 0. The molecule has 0 aliphatic carbocycles. The van der Waals surface area contributed by atoms with E-state index in [0.29, 0.717) is 16.3 Å². The number of hydrogen-bond donors (Lipinski definition) is 2. The summed E-state index contributed by atoms with van der Waals surface area (Å²) in [5.74, 6) is 5.59. The second-order valence-corrected chi connectivity index (χ2v) is 5.34. The molecule has 3 N–H and O–H groups in total. The van der Waals surface area contributed by atoms with Crippen molar-refractivity contribution in [2.45, 2.75) is 20.8 Å². The van der Waals surface area contributed by atoms with Crippen LogP contribution in [0.3, 0.4) is 0 Å². The molecule has 0 aliphatic rings. The lowest BCUT2D eigenvalue weighted by atomic mass is 9.95. The van der Waals surface area contributed by atoms with E-state index in [1.807, 2.05) is 20.8 Å². The summed E-state index contributed by atoms with van der Waals surface area (Å²) in [4.78, 5) is 11.9. The minimum Gasteiger partial charge on any atom is -0.324 e. The van der Waals surface area contributed by atoms with Crippen molar-refractivity contribution in [1.29, 1.82) is 0 Å². The van der Waals surface area contributed by atoms with Gasteiger partial charge in [0.05, 0.1) is 12.2 Å². The van der Waals surface area contributed by atoms with Crippen LogP contribution < -0.4 is 11.1 Å². The van der Waals surface area contributed by atoms with Gasteiger partial charge in [0.15, 0.2) is 0 Å². The minimum absolute atomic E-state index is 0.0828. The zero-order valence-electron chi connectivity index (χ0n) is 10.8. The van der Waals surface area contributed by atoms with E-state index in [4.69, 9.17) is 17.3 Å². The van der Waals surface area contributed by atoms with Crippen molar-refractivity contribution < 1.29 is 4.79 Å². The third kappa shape index (κ3) is 4.06. The van der Waals surface area contributed by atoms with Gasteiger partial charge in [-0.15, -0.1) is 0 Å². The Morgan fingerprint density at radius 2 is 2.11 bits per heavy atom. The number of anilines is 1. The summed E-state index contributed by atoms with van der Waals surface area (Å²) >= 11 is 5.92. The maximum Gasteiger partial charge on any atom is 0.229 e. The summed E-state index contributed by atoms with van der Waals surface area (Å²) in [6, 6.07) is 5.18. The van der Waals surface area contributed by atoms with Gasteiger partial charge in [-0.3, -0.25) is 4.79 Å². The van der Waals surface area contributed by atoms with Gasteiger partial charge in [0.1, 0.15) is 0 Å². The van der Waals surface area contributed by atoms with Gasteiger partial charge in [-0.05, 0) is 18.2 Å². The molecule has 1 aromatic rings. The minimum atomic E-state index is -0.471. The largest absolute Gasteiger partial charge is 0.324 e. The number of halogens is 1. The molecule has 0 aliphatic heterocycles. The molecule has 1 aromatic carbocycles. The van der Waals surface area contributed by atoms with E-state index in [1.54, 1.807) is 18.2 Å². The number of hydrogen-bond acceptors (Lipinski definition) is 2. The molecule has 0 fully saturated rings. The fourth-order valence-corrected chi connectivity index (χ4v) is 1.36. The van der Waals surface area contributed by atoms with Crippen molar-refractivity contribution in [2.75, 3.05) is 11.9 Å². The third-order valence-electron chi connectivity index (χ3n) is 2.24. The van der Waals surface area contributed by atoms with Crippen LogP contribution in [0.5, 0.6) is 0 Å². The highest BCUT2D eigenvalue weighted by Gasteiger charge is 2.21. The average Bonchev–Trinajstić information content (AvgIpc) is 2.26. The quantitative estimate of drug-likeness (QED) is 0.766. The number of carbonyl (C=O) groups excluding carboxylic acids is 1. The Bertz CT molecular complexity index is 507. The Morgan fingerprint density at radius 3 is 2.67 bits per heavy atom.